The van der Waals surface area contributed by atoms with E-state index < -0.39 is 5.97 Å². The Hall–Kier alpha value is -1.85. The lowest BCUT2D eigenvalue weighted by Crippen LogP contribution is -2.30. The van der Waals surface area contributed by atoms with Gasteiger partial charge < -0.3 is 14.8 Å². The highest BCUT2D eigenvalue weighted by Gasteiger charge is 2.26. The van der Waals surface area contributed by atoms with Crippen molar-refractivity contribution in [3.05, 3.63) is 34.5 Å². The van der Waals surface area contributed by atoms with Crippen molar-refractivity contribution in [3.63, 3.8) is 0 Å². The van der Waals surface area contributed by atoms with E-state index >= 15 is 0 Å². The summed E-state index contributed by atoms with van der Waals surface area (Å²) in [5.41, 5.74) is 4.67. The Morgan fingerprint density at radius 2 is 2.13 bits per heavy atom. The number of fused-ring (bicyclic) bond motifs is 3. The second-order valence-electron chi connectivity index (χ2n) is 6.29. The number of aromatic carboxylic acids is 1. The van der Waals surface area contributed by atoms with Gasteiger partial charge in [0.25, 0.3) is 0 Å². The van der Waals surface area contributed by atoms with Crippen molar-refractivity contribution >= 4 is 16.9 Å². The van der Waals surface area contributed by atoms with Crippen LogP contribution < -0.4 is 0 Å². The molecule has 3 rings (SSSR count). The highest BCUT2D eigenvalue weighted by molar-refractivity contribution is 6.04. The van der Waals surface area contributed by atoms with Gasteiger partial charge in [0.15, 0.2) is 0 Å². The summed E-state index contributed by atoms with van der Waals surface area (Å²) in [6.07, 6.45) is 1.57. The minimum absolute atomic E-state index is 0.115. The number of hydrogen-bond acceptors (Lipinski definition) is 3. The summed E-state index contributed by atoms with van der Waals surface area (Å²) in [7, 11) is 0. The van der Waals surface area contributed by atoms with Crippen LogP contribution in [0.4, 0.5) is 0 Å². The molecule has 0 amide bonds. The maximum absolute atomic E-state index is 11.8. The second-order valence-corrected chi connectivity index (χ2v) is 6.29. The lowest BCUT2D eigenvalue weighted by molar-refractivity contribution is 0.0698. The summed E-state index contributed by atoms with van der Waals surface area (Å²) >= 11 is 0. The molecule has 1 aromatic heterocycles. The molecule has 0 atom stereocenters. The standard InChI is InChI=1S/C18H24N2O3/c1-3-19-7-5-16-15(11-19)13-9-12(2)10-14(18(22)23)17(13)20(16)6-4-8-21/h9-10,21H,3-8,11H2,1-2H3,(H,22,23). The number of aryl methyl sites for hydroxylation is 2. The number of hydrogen-bond donors (Lipinski definition) is 2. The van der Waals surface area contributed by atoms with E-state index in [1.54, 1.807) is 6.07 Å². The lowest BCUT2D eigenvalue weighted by Gasteiger charge is -2.26. The fraction of sp³-hybridized carbons (Fsp3) is 0.500. The van der Waals surface area contributed by atoms with E-state index in [2.05, 4.69) is 22.5 Å². The molecule has 1 aliphatic rings. The molecule has 0 saturated carbocycles. The van der Waals surface area contributed by atoms with Crippen molar-refractivity contribution in [2.75, 3.05) is 19.7 Å². The first kappa shape index (κ1) is 16.0. The Labute approximate surface area is 136 Å². The number of carboxylic acid groups (broad SMARTS) is 1. The van der Waals surface area contributed by atoms with E-state index in [1.807, 2.05) is 6.92 Å². The molecule has 5 nitrogen and oxygen atoms in total. The number of aliphatic hydroxyl groups is 1. The average molecular weight is 316 g/mol. The van der Waals surface area contributed by atoms with Gasteiger partial charge in [0.05, 0.1) is 11.1 Å². The molecule has 0 radical (unpaired) electrons. The molecule has 2 heterocycles. The molecule has 1 aromatic carbocycles. The molecular formula is C18H24N2O3. The first-order valence-corrected chi connectivity index (χ1v) is 8.27. The van der Waals surface area contributed by atoms with Crippen molar-refractivity contribution in [1.29, 1.82) is 0 Å². The molecule has 0 fully saturated rings. The highest BCUT2D eigenvalue weighted by Crippen LogP contribution is 2.34. The Kier molecular flexibility index (Phi) is 4.41. The lowest BCUT2D eigenvalue weighted by atomic mass is 10.0. The van der Waals surface area contributed by atoms with Gasteiger partial charge in [-0.1, -0.05) is 6.92 Å². The van der Waals surface area contributed by atoms with E-state index in [9.17, 15) is 15.0 Å². The zero-order chi connectivity index (χ0) is 16.6. The Morgan fingerprint density at radius 1 is 1.35 bits per heavy atom. The molecular weight excluding hydrogens is 292 g/mol. The third kappa shape index (κ3) is 2.75. The number of aliphatic hydroxyl groups excluding tert-OH is 1. The summed E-state index contributed by atoms with van der Waals surface area (Å²) in [4.78, 5) is 14.1. The van der Waals surface area contributed by atoms with Crippen LogP contribution in [0.25, 0.3) is 10.9 Å². The van der Waals surface area contributed by atoms with Crippen molar-refractivity contribution in [2.24, 2.45) is 0 Å². The Balaban J connectivity index is 2.27. The van der Waals surface area contributed by atoms with Gasteiger partial charge in [0.2, 0.25) is 0 Å². The molecule has 0 spiro atoms. The van der Waals surface area contributed by atoms with E-state index in [0.29, 0.717) is 18.5 Å². The second kappa shape index (κ2) is 6.34. The molecule has 124 valence electrons. The summed E-state index contributed by atoms with van der Waals surface area (Å²) < 4.78 is 2.14. The zero-order valence-electron chi connectivity index (χ0n) is 13.8. The van der Waals surface area contributed by atoms with E-state index in [1.165, 1.54) is 11.3 Å². The van der Waals surface area contributed by atoms with Crippen molar-refractivity contribution in [1.82, 2.24) is 9.47 Å². The molecule has 0 bridgehead atoms. The first-order valence-electron chi connectivity index (χ1n) is 8.27. The normalized spacial score (nSPS) is 15.1. The summed E-state index contributed by atoms with van der Waals surface area (Å²) in [5, 5.41) is 19.9. The van der Waals surface area contributed by atoms with E-state index in [4.69, 9.17) is 0 Å². The van der Waals surface area contributed by atoms with Gasteiger partial charge in [0.1, 0.15) is 0 Å². The molecule has 0 unspecified atom stereocenters. The Morgan fingerprint density at radius 3 is 2.78 bits per heavy atom. The number of benzene rings is 1. The largest absolute Gasteiger partial charge is 0.478 e. The third-order valence-corrected chi connectivity index (χ3v) is 4.79. The quantitative estimate of drug-likeness (QED) is 0.889. The Bertz CT molecular complexity index is 749. The van der Waals surface area contributed by atoms with Gasteiger partial charge >= 0.3 is 5.97 Å². The summed E-state index contributed by atoms with van der Waals surface area (Å²) in [6.45, 7) is 7.76. The predicted molar refractivity (Wildman–Crippen MR) is 90.0 cm³/mol. The van der Waals surface area contributed by atoms with Crippen molar-refractivity contribution in [2.45, 2.75) is 39.8 Å². The van der Waals surface area contributed by atoms with Crippen LogP contribution in [0, 0.1) is 6.92 Å². The third-order valence-electron chi connectivity index (χ3n) is 4.79. The molecule has 2 aromatic rings. The number of carbonyl (C=O) groups is 1. The molecule has 2 N–H and O–H groups in total. The number of likely N-dealkylation sites (N-methyl/N-ethyl adjacent to an activating group) is 1. The van der Waals surface area contributed by atoms with E-state index in [-0.39, 0.29) is 6.61 Å². The number of carboxylic acids is 1. The van der Waals surface area contributed by atoms with Gasteiger partial charge in [-0.3, -0.25) is 4.90 Å². The molecule has 1 aliphatic heterocycles. The van der Waals surface area contributed by atoms with Crippen LogP contribution in [0.2, 0.25) is 0 Å². The first-order chi connectivity index (χ1) is 11.1. The fourth-order valence-electron chi connectivity index (χ4n) is 3.69. The van der Waals surface area contributed by atoms with Crippen LogP contribution in [0.15, 0.2) is 12.1 Å². The number of rotatable bonds is 5. The topological polar surface area (TPSA) is 65.7 Å². The smallest absolute Gasteiger partial charge is 0.337 e. The van der Waals surface area contributed by atoms with Crippen LogP contribution in [0.5, 0.6) is 0 Å². The maximum Gasteiger partial charge on any atom is 0.337 e. The zero-order valence-corrected chi connectivity index (χ0v) is 13.8. The van der Waals surface area contributed by atoms with Gasteiger partial charge in [-0.2, -0.15) is 0 Å². The maximum atomic E-state index is 11.8. The van der Waals surface area contributed by atoms with Crippen LogP contribution in [-0.4, -0.2) is 45.3 Å². The summed E-state index contributed by atoms with van der Waals surface area (Å²) in [6, 6.07) is 3.86. The monoisotopic (exact) mass is 316 g/mol. The highest BCUT2D eigenvalue weighted by atomic mass is 16.4. The van der Waals surface area contributed by atoms with Gasteiger partial charge in [-0.05, 0) is 43.1 Å². The SMILES string of the molecule is CCN1CCc2c(c3cc(C)cc(C(=O)O)c3n2CCCO)C1. The molecule has 23 heavy (non-hydrogen) atoms. The molecule has 0 saturated heterocycles. The fourth-order valence-corrected chi connectivity index (χ4v) is 3.69. The predicted octanol–water partition coefficient (Wildman–Crippen LogP) is 2.41. The van der Waals surface area contributed by atoms with Gasteiger partial charge in [0, 0.05) is 43.7 Å². The van der Waals surface area contributed by atoms with Gasteiger partial charge in [-0.15, -0.1) is 0 Å². The molecule has 5 heteroatoms. The average Bonchev–Trinajstić information content (AvgIpc) is 2.84. The van der Waals surface area contributed by atoms with Crippen molar-refractivity contribution < 1.29 is 15.0 Å². The minimum atomic E-state index is -0.883. The van der Waals surface area contributed by atoms with Crippen molar-refractivity contribution in [3.8, 4) is 0 Å². The minimum Gasteiger partial charge on any atom is -0.478 e. The van der Waals surface area contributed by atoms with Crippen LogP contribution >= 0.6 is 0 Å². The number of nitrogens with zero attached hydrogens (tertiary/aromatic N) is 2. The van der Waals surface area contributed by atoms with Crippen LogP contribution in [0.3, 0.4) is 0 Å². The number of aromatic nitrogens is 1. The molecule has 0 aliphatic carbocycles. The van der Waals surface area contributed by atoms with Crippen LogP contribution in [-0.2, 0) is 19.5 Å². The summed E-state index contributed by atoms with van der Waals surface area (Å²) in [5.74, 6) is -0.883. The van der Waals surface area contributed by atoms with Gasteiger partial charge in [-0.25, -0.2) is 4.79 Å². The van der Waals surface area contributed by atoms with E-state index in [0.717, 1.165) is 42.5 Å². The van der Waals surface area contributed by atoms with Crippen LogP contribution in [0.1, 0.15) is 40.5 Å².